The number of halogens is 1. The van der Waals surface area contributed by atoms with E-state index in [1.807, 2.05) is 36.4 Å². The molecule has 25 heavy (non-hydrogen) atoms. The normalized spacial score (nSPS) is 17.4. The molecule has 2 aromatic heterocycles. The Hall–Kier alpha value is -2.70. The third kappa shape index (κ3) is 3.40. The monoisotopic (exact) mass is 366 g/mol. The molecule has 0 radical (unpaired) electrons. The van der Waals surface area contributed by atoms with Crippen molar-refractivity contribution in [1.82, 2.24) is 15.3 Å². The molecule has 4 rings (SSSR count). The van der Waals surface area contributed by atoms with Crippen molar-refractivity contribution in [2.45, 2.75) is 0 Å². The van der Waals surface area contributed by atoms with Gasteiger partial charge < -0.3 is 5.32 Å². The molecule has 1 saturated heterocycles. The van der Waals surface area contributed by atoms with Gasteiger partial charge >= 0.3 is 0 Å². The van der Waals surface area contributed by atoms with Gasteiger partial charge in [0, 0.05) is 17.8 Å². The summed E-state index contributed by atoms with van der Waals surface area (Å²) in [5, 5.41) is 4.54. The fraction of sp³-hybridized carbons (Fsp3) is 0. The highest BCUT2D eigenvalue weighted by molar-refractivity contribution is 8.18. The van der Waals surface area contributed by atoms with Crippen LogP contribution in [0, 0.1) is 0 Å². The number of aliphatic imine (C=N–C) groups is 1. The predicted molar refractivity (Wildman–Crippen MR) is 102 cm³/mol. The quantitative estimate of drug-likeness (QED) is 0.546. The van der Waals surface area contributed by atoms with Crippen LogP contribution in [0.15, 0.2) is 64.8 Å². The van der Waals surface area contributed by atoms with Crippen LogP contribution in [0.2, 0.25) is 5.15 Å². The Morgan fingerprint density at radius 1 is 1.12 bits per heavy atom. The topological polar surface area (TPSA) is 67.2 Å². The van der Waals surface area contributed by atoms with Gasteiger partial charge in [-0.25, -0.2) is 9.98 Å². The summed E-state index contributed by atoms with van der Waals surface area (Å²) in [6, 6.07) is 13.2. The van der Waals surface area contributed by atoms with E-state index in [-0.39, 0.29) is 5.91 Å². The zero-order chi connectivity index (χ0) is 17.2. The number of amidine groups is 1. The number of fused-ring (bicyclic) bond motifs is 1. The fourth-order valence-electron chi connectivity index (χ4n) is 2.39. The second-order valence-electron chi connectivity index (χ2n) is 5.25. The van der Waals surface area contributed by atoms with Crippen LogP contribution in [0.4, 0.5) is 5.69 Å². The first kappa shape index (κ1) is 15.8. The summed E-state index contributed by atoms with van der Waals surface area (Å²) in [5.74, 6) is -0.185. The first-order chi connectivity index (χ1) is 12.2. The second kappa shape index (κ2) is 6.66. The van der Waals surface area contributed by atoms with E-state index in [0.29, 0.717) is 20.9 Å². The zero-order valence-corrected chi connectivity index (χ0v) is 14.4. The molecule has 0 saturated carbocycles. The molecule has 122 valence electrons. The molecule has 1 amide bonds. The van der Waals surface area contributed by atoms with Gasteiger partial charge in [-0.15, -0.1) is 0 Å². The van der Waals surface area contributed by atoms with Gasteiger partial charge in [0.15, 0.2) is 10.3 Å². The van der Waals surface area contributed by atoms with Gasteiger partial charge in [0.05, 0.1) is 10.4 Å². The number of carbonyl (C=O) groups excluding carboxylic acids is 1. The van der Waals surface area contributed by atoms with E-state index in [2.05, 4.69) is 20.3 Å². The number of nitrogens with zero attached hydrogens (tertiary/aromatic N) is 3. The Morgan fingerprint density at radius 2 is 1.96 bits per heavy atom. The number of carbonyl (C=O) groups is 1. The molecule has 1 aliphatic rings. The Kier molecular flexibility index (Phi) is 4.21. The molecule has 5 nitrogen and oxygen atoms in total. The molecule has 7 heteroatoms. The number of hydrogen-bond acceptors (Lipinski definition) is 5. The number of thioether (sulfide) groups is 1. The largest absolute Gasteiger partial charge is 0.300 e. The maximum atomic E-state index is 12.2. The molecular formula is C18H11ClN4OS. The van der Waals surface area contributed by atoms with Gasteiger partial charge in [0.1, 0.15) is 5.69 Å². The Morgan fingerprint density at radius 3 is 2.84 bits per heavy atom. The molecule has 1 aliphatic heterocycles. The molecule has 0 bridgehead atoms. The van der Waals surface area contributed by atoms with Crippen LogP contribution >= 0.6 is 23.4 Å². The van der Waals surface area contributed by atoms with Gasteiger partial charge in [-0.1, -0.05) is 23.7 Å². The van der Waals surface area contributed by atoms with Gasteiger partial charge in [-0.2, -0.15) is 0 Å². The van der Waals surface area contributed by atoms with E-state index in [1.54, 1.807) is 24.5 Å². The lowest BCUT2D eigenvalue weighted by Gasteiger charge is -1.99. The van der Waals surface area contributed by atoms with Crippen LogP contribution in [-0.4, -0.2) is 21.0 Å². The SMILES string of the molecule is O=C1NC(=Nc2cccnc2Cl)S/C1=C/c1ccc2ncccc2c1. The van der Waals surface area contributed by atoms with Crippen LogP contribution in [0.5, 0.6) is 0 Å². The van der Waals surface area contributed by atoms with Crippen molar-refractivity contribution >= 4 is 57.1 Å². The number of pyridine rings is 2. The second-order valence-corrected chi connectivity index (χ2v) is 6.64. The molecule has 0 aliphatic carbocycles. The summed E-state index contributed by atoms with van der Waals surface area (Å²) < 4.78 is 0. The van der Waals surface area contributed by atoms with Gasteiger partial charge in [0.2, 0.25) is 0 Å². The summed E-state index contributed by atoms with van der Waals surface area (Å²) in [7, 11) is 0. The number of amides is 1. The van der Waals surface area contributed by atoms with Crippen LogP contribution in [-0.2, 0) is 4.79 Å². The van der Waals surface area contributed by atoms with Crippen LogP contribution in [0.3, 0.4) is 0 Å². The van der Waals surface area contributed by atoms with Gasteiger partial charge in [-0.3, -0.25) is 9.78 Å². The average molecular weight is 367 g/mol. The lowest BCUT2D eigenvalue weighted by Crippen LogP contribution is -2.19. The van der Waals surface area contributed by atoms with E-state index in [9.17, 15) is 4.79 Å². The first-order valence-corrected chi connectivity index (χ1v) is 8.63. The van der Waals surface area contributed by atoms with Crippen molar-refractivity contribution in [3.05, 3.63) is 70.5 Å². The molecule has 1 aromatic carbocycles. The third-order valence-corrected chi connectivity index (χ3v) is 4.74. The molecule has 0 atom stereocenters. The lowest BCUT2D eigenvalue weighted by atomic mass is 10.1. The van der Waals surface area contributed by atoms with Crippen molar-refractivity contribution in [2.75, 3.05) is 0 Å². The number of rotatable bonds is 2. The van der Waals surface area contributed by atoms with Crippen LogP contribution in [0.1, 0.15) is 5.56 Å². The van der Waals surface area contributed by atoms with Crippen molar-refractivity contribution in [3.8, 4) is 0 Å². The molecule has 0 unspecified atom stereocenters. The smallest absolute Gasteiger partial charge is 0.264 e. The summed E-state index contributed by atoms with van der Waals surface area (Å²) in [6.45, 7) is 0. The molecular weight excluding hydrogens is 356 g/mol. The van der Waals surface area contributed by atoms with E-state index in [4.69, 9.17) is 11.6 Å². The lowest BCUT2D eigenvalue weighted by molar-refractivity contribution is -0.115. The minimum Gasteiger partial charge on any atom is -0.300 e. The third-order valence-electron chi connectivity index (χ3n) is 3.54. The van der Waals surface area contributed by atoms with E-state index >= 15 is 0 Å². The van der Waals surface area contributed by atoms with Gasteiger partial charge in [0.25, 0.3) is 5.91 Å². The van der Waals surface area contributed by atoms with Crippen molar-refractivity contribution in [1.29, 1.82) is 0 Å². The molecule has 1 fully saturated rings. The molecule has 0 spiro atoms. The highest BCUT2D eigenvalue weighted by Gasteiger charge is 2.24. The predicted octanol–water partition coefficient (Wildman–Crippen LogP) is 4.17. The Labute approximate surface area is 152 Å². The maximum Gasteiger partial charge on any atom is 0.264 e. The molecule has 1 N–H and O–H groups in total. The number of nitrogens with one attached hydrogen (secondary N) is 1. The highest BCUT2D eigenvalue weighted by atomic mass is 35.5. The summed E-state index contributed by atoms with van der Waals surface area (Å²) in [4.78, 5) is 25.4. The average Bonchev–Trinajstić information content (AvgIpc) is 2.96. The van der Waals surface area contributed by atoms with Crippen molar-refractivity contribution in [2.24, 2.45) is 4.99 Å². The Bertz CT molecular complexity index is 1050. The van der Waals surface area contributed by atoms with Crippen LogP contribution in [0.25, 0.3) is 17.0 Å². The summed E-state index contributed by atoms with van der Waals surface area (Å²) >= 11 is 7.27. The van der Waals surface area contributed by atoms with E-state index in [0.717, 1.165) is 16.5 Å². The Balaban J connectivity index is 1.63. The minimum atomic E-state index is -0.185. The molecule has 3 aromatic rings. The fourth-order valence-corrected chi connectivity index (χ4v) is 3.38. The molecule has 3 heterocycles. The van der Waals surface area contributed by atoms with Gasteiger partial charge in [-0.05, 0) is 53.7 Å². The summed E-state index contributed by atoms with van der Waals surface area (Å²) in [5.41, 5.74) is 2.37. The van der Waals surface area contributed by atoms with Crippen LogP contribution < -0.4 is 5.32 Å². The number of benzene rings is 1. The maximum absolute atomic E-state index is 12.2. The first-order valence-electron chi connectivity index (χ1n) is 7.44. The summed E-state index contributed by atoms with van der Waals surface area (Å²) in [6.07, 6.45) is 5.18. The van der Waals surface area contributed by atoms with E-state index < -0.39 is 0 Å². The minimum absolute atomic E-state index is 0.185. The van der Waals surface area contributed by atoms with E-state index in [1.165, 1.54) is 11.8 Å². The zero-order valence-electron chi connectivity index (χ0n) is 12.8. The highest BCUT2D eigenvalue weighted by Crippen LogP contribution is 2.30. The van der Waals surface area contributed by atoms with Crippen molar-refractivity contribution in [3.63, 3.8) is 0 Å². The van der Waals surface area contributed by atoms with Crippen molar-refractivity contribution < 1.29 is 4.79 Å². The number of hydrogen-bond donors (Lipinski definition) is 1. The number of aromatic nitrogens is 2. The standard InChI is InChI=1S/C18H11ClN4OS/c19-16-14(4-2-8-21-16)22-18-23-17(24)15(25-18)10-11-5-6-13-12(9-11)3-1-7-20-13/h1-10H,(H,22,23,24)/b15-10+.